The molecule has 0 bridgehead atoms. The summed E-state index contributed by atoms with van der Waals surface area (Å²) in [5.74, 6) is 0.309. The van der Waals surface area contributed by atoms with E-state index in [1.165, 1.54) is 0 Å². The zero-order valence-electron chi connectivity index (χ0n) is 12.9. The lowest BCUT2D eigenvalue weighted by Gasteiger charge is -2.11. The van der Waals surface area contributed by atoms with E-state index in [1.54, 1.807) is 6.07 Å². The highest BCUT2D eigenvalue weighted by Crippen LogP contribution is 2.20. The van der Waals surface area contributed by atoms with Crippen LogP contribution >= 0.6 is 0 Å². The minimum absolute atomic E-state index is 0.258. The van der Waals surface area contributed by atoms with Crippen molar-refractivity contribution in [2.24, 2.45) is 4.99 Å². The molecule has 0 aliphatic carbocycles. The smallest absolute Gasteiger partial charge is 0.274 e. The molecule has 5 heteroatoms. The molecular weight excluding hydrogens is 302 g/mol. The van der Waals surface area contributed by atoms with Gasteiger partial charge < -0.3 is 10.1 Å². The van der Waals surface area contributed by atoms with Gasteiger partial charge in [0.05, 0.1) is 23.3 Å². The average Bonchev–Trinajstić information content (AvgIpc) is 3.16. The van der Waals surface area contributed by atoms with Crippen molar-refractivity contribution in [3.05, 3.63) is 71.9 Å². The van der Waals surface area contributed by atoms with Crippen LogP contribution in [0.15, 0.2) is 65.7 Å². The Kier molecular flexibility index (Phi) is 3.67. The van der Waals surface area contributed by atoms with Crippen LogP contribution in [0.3, 0.4) is 0 Å². The number of fused-ring (bicyclic) bond motifs is 1. The summed E-state index contributed by atoms with van der Waals surface area (Å²) in [5, 5.41) is 3.91. The maximum Gasteiger partial charge on any atom is 0.274 e. The van der Waals surface area contributed by atoms with Crippen molar-refractivity contribution in [3.63, 3.8) is 0 Å². The standard InChI is InChI=1S/C19H15N3O2/c23-18(17-10-9-13-5-1-3-7-15(13)21-17)22-16-8-4-2-6-14(16)19-20-11-12-24-19/h1-10H,11-12H2,(H,22,23). The third kappa shape index (κ3) is 2.72. The van der Waals surface area contributed by atoms with Crippen LogP contribution in [0.1, 0.15) is 16.1 Å². The molecular formula is C19H15N3O2. The van der Waals surface area contributed by atoms with Gasteiger partial charge in [0.25, 0.3) is 5.91 Å². The highest BCUT2D eigenvalue weighted by atomic mass is 16.5. The number of anilines is 1. The molecule has 3 aromatic rings. The maximum atomic E-state index is 12.6. The molecule has 0 fully saturated rings. The van der Waals surface area contributed by atoms with Crippen LogP contribution in [0.5, 0.6) is 0 Å². The molecule has 1 amide bonds. The third-order valence-electron chi connectivity index (χ3n) is 3.82. The molecule has 24 heavy (non-hydrogen) atoms. The minimum Gasteiger partial charge on any atom is -0.475 e. The Labute approximate surface area is 139 Å². The van der Waals surface area contributed by atoms with E-state index in [1.807, 2.05) is 54.6 Å². The number of benzene rings is 2. The van der Waals surface area contributed by atoms with Gasteiger partial charge in [0, 0.05) is 5.39 Å². The van der Waals surface area contributed by atoms with E-state index in [4.69, 9.17) is 4.74 Å². The Bertz CT molecular complexity index is 950. The van der Waals surface area contributed by atoms with Gasteiger partial charge in [0.15, 0.2) is 0 Å². The summed E-state index contributed by atoms with van der Waals surface area (Å²) in [6.45, 7) is 1.22. The number of carbonyl (C=O) groups is 1. The van der Waals surface area contributed by atoms with Crippen molar-refractivity contribution in [1.82, 2.24) is 4.98 Å². The molecule has 0 saturated carbocycles. The number of para-hydroxylation sites is 2. The number of carbonyl (C=O) groups excluding carboxylic acids is 1. The molecule has 1 N–H and O–H groups in total. The van der Waals surface area contributed by atoms with Crippen molar-refractivity contribution in [1.29, 1.82) is 0 Å². The van der Waals surface area contributed by atoms with Crippen molar-refractivity contribution in [2.75, 3.05) is 18.5 Å². The summed E-state index contributed by atoms with van der Waals surface area (Å²) in [4.78, 5) is 21.3. The number of hydrogen-bond donors (Lipinski definition) is 1. The second-order valence-corrected chi connectivity index (χ2v) is 5.42. The lowest BCUT2D eigenvalue weighted by molar-refractivity contribution is 0.102. The summed E-state index contributed by atoms with van der Waals surface area (Å²) in [7, 11) is 0. The highest BCUT2D eigenvalue weighted by Gasteiger charge is 2.17. The van der Waals surface area contributed by atoms with E-state index >= 15 is 0 Å². The predicted molar refractivity (Wildman–Crippen MR) is 93.5 cm³/mol. The van der Waals surface area contributed by atoms with Gasteiger partial charge in [-0.05, 0) is 24.3 Å². The largest absolute Gasteiger partial charge is 0.475 e. The molecule has 0 atom stereocenters. The topological polar surface area (TPSA) is 63.6 Å². The van der Waals surface area contributed by atoms with E-state index < -0.39 is 0 Å². The number of aromatic nitrogens is 1. The van der Waals surface area contributed by atoms with Crippen LogP contribution in [0.2, 0.25) is 0 Å². The summed E-state index contributed by atoms with van der Waals surface area (Å²) >= 11 is 0. The maximum absolute atomic E-state index is 12.6. The van der Waals surface area contributed by atoms with Crippen LogP contribution in [-0.4, -0.2) is 29.9 Å². The van der Waals surface area contributed by atoms with E-state index in [9.17, 15) is 4.79 Å². The summed E-state index contributed by atoms with van der Waals surface area (Å²) in [5.41, 5.74) is 2.61. The normalized spacial score (nSPS) is 13.4. The fourth-order valence-corrected chi connectivity index (χ4v) is 2.66. The average molecular weight is 317 g/mol. The van der Waals surface area contributed by atoms with Crippen molar-refractivity contribution in [2.45, 2.75) is 0 Å². The van der Waals surface area contributed by atoms with Crippen LogP contribution in [0.25, 0.3) is 10.9 Å². The number of aliphatic imine (C=N–C) groups is 1. The molecule has 0 radical (unpaired) electrons. The fraction of sp³-hybridized carbons (Fsp3) is 0.105. The van der Waals surface area contributed by atoms with Crippen LogP contribution in [0, 0.1) is 0 Å². The molecule has 118 valence electrons. The lowest BCUT2D eigenvalue weighted by Crippen LogP contribution is -2.16. The third-order valence-corrected chi connectivity index (χ3v) is 3.82. The Balaban J connectivity index is 1.64. The van der Waals surface area contributed by atoms with Gasteiger partial charge in [0.2, 0.25) is 5.90 Å². The van der Waals surface area contributed by atoms with Crippen molar-refractivity contribution in [3.8, 4) is 0 Å². The zero-order valence-corrected chi connectivity index (χ0v) is 12.9. The molecule has 0 saturated heterocycles. The first-order chi connectivity index (χ1) is 11.8. The Hall–Kier alpha value is -3.21. The van der Waals surface area contributed by atoms with Gasteiger partial charge in [-0.25, -0.2) is 9.98 Å². The molecule has 1 aliphatic heterocycles. The van der Waals surface area contributed by atoms with Gasteiger partial charge in [-0.2, -0.15) is 0 Å². The van der Waals surface area contributed by atoms with Crippen molar-refractivity contribution < 1.29 is 9.53 Å². The number of rotatable bonds is 3. The second kappa shape index (κ2) is 6.12. The van der Waals surface area contributed by atoms with E-state index in [-0.39, 0.29) is 5.91 Å². The van der Waals surface area contributed by atoms with Gasteiger partial charge in [-0.3, -0.25) is 4.79 Å². The number of ether oxygens (including phenoxy) is 1. The first kappa shape index (κ1) is 14.4. The lowest BCUT2D eigenvalue weighted by atomic mass is 10.1. The molecule has 5 nitrogen and oxygen atoms in total. The Morgan fingerprint density at radius 1 is 1.00 bits per heavy atom. The first-order valence-electron chi connectivity index (χ1n) is 7.75. The van der Waals surface area contributed by atoms with Gasteiger partial charge >= 0.3 is 0 Å². The van der Waals surface area contributed by atoms with Crippen LogP contribution in [0.4, 0.5) is 5.69 Å². The molecule has 1 aliphatic rings. The van der Waals surface area contributed by atoms with Crippen LogP contribution < -0.4 is 5.32 Å². The van der Waals surface area contributed by atoms with Gasteiger partial charge in [-0.15, -0.1) is 0 Å². The summed E-state index contributed by atoms with van der Waals surface area (Å²) in [6.07, 6.45) is 0. The van der Waals surface area contributed by atoms with Gasteiger partial charge in [-0.1, -0.05) is 36.4 Å². The molecule has 2 aromatic carbocycles. The number of hydrogen-bond acceptors (Lipinski definition) is 4. The Morgan fingerprint density at radius 2 is 1.83 bits per heavy atom. The Morgan fingerprint density at radius 3 is 2.71 bits per heavy atom. The number of pyridine rings is 1. The molecule has 1 aromatic heterocycles. The van der Waals surface area contributed by atoms with E-state index in [0.717, 1.165) is 16.5 Å². The molecule has 4 rings (SSSR count). The zero-order chi connectivity index (χ0) is 16.4. The number of amides is 1. The quantitative estimate of drug-likeness (QED) is 0.806. The highest BCUT2D eigenvalue weighted by molar-refractivity contribution is 6.09. The first-order valence-corrected chi connectivity index (χ1v) is 7.75. The number of nitrogens with zero attached hydrogens (tertiary/aromatic N) is 2. The monoisotopic (exact) mass is 317 g/mol. The molecule has 0 unspecified atom stereocenters. The predicted octanol–water partition coefficient (Wildman–Crippen LogP) is 3.26. The molecule has 2 heterocycles. The minimum atomic E-state index is -0.258. The second-order valence-electron chi connectivity index (χ2n) is 5.42. The summed E-state index contributed by atoms with van der Waals surface area (Å²) in [6, 6.07) is 18.8. The summed E-state index contributed by atoms with van der Waals surface area (Å²) < 4.78 is 5.51. The SMILES string of the molecule is O=C(Nc1ccccc1C1=NCCO1)c1ccc2ccccc2n1. The molecule has 0 spiro atoms. The van der Waals surface area contributed by atoms with Gasteiger partial charge in [0.1, 0.15) is 12.3 Å². The van der Waals surface area contributed by atoms with Crippen LogP contribution in [-0.2, 0) is 4.74 Å². The van der Waals surface area contributed by atoms with E-state index in [2.05, 4.69) is 15.3 Å². The number of nitrogens with one attached hydrogen (secondary N) is 1. The fourth-order valence-electron chi connectivity index (χ4n) is 2.66. The van der Waals surface area contributed by atoms with E-state index in [0.29, 0.717) is 30.4 Å². The van der Waals surface area contributed by atoms with Crippen molar-refractivity contribution >= 4 is 28.4 Å².